The van der Waals surface area contributed by atoms with E-state index in [-0.39, 0.29) is 0 Å². The van der Waals surface area contributed by atoms with E-state index in [0.29, 0.717) is 18.5 Å². The van der Waals surface area contributed by atoms with Crippen LogP contribution < -0.4 is 4.74 Å². The Morgan fingerprint density at radius 1 is 1.30 bits per heavy atom. The Balaban J connectivity index is 1.90. The van der Waals surface area contributed by atoms with Gasteiger partial charge in [-0.25, -0.2) is 0 Å². The topological polar surface area (TPSA) is 41.9 Å². The molecule has 1 aromatic rings. The van der Waals surface area contributed by atoms with Gasteiger partial charge in [0.2, 0.25) is 0 Å². The number of aromatic hydroxyl groups is 1. The van der Waals surface area contributed by atoms with Crippen LogP contribution in [0, 0.1) is 0 Å². The number of hydrogen-bond acceptors (Lipinski definition) is 4. The van der Waals surface area contributed by atoms with E-state index in [1.807, 2.05) is 12.1 Å². The maximum Gasteiger partial charge on any atom is 0.123 e. The zero-order valence-electron chi connectivity index (χ0n) is 12.5. The van der Waals surface area contributed by atoms with Crippen LogP contribution in [0.15, 0.2) is 18.2 Å². The number of methoxy groups -OCH3 is 1. The predicted molar refractivity (Wildman–Crippen MR) is 79.2 cm³/mol. The van der Waals surface area contributed by atoms with E-state index in [4.69, 9.17) is 9.47 Å². The van der Waals surface area contributed by atoms with Gasteiger partial charge in [0.1, 0.15) is 11.5 Å². The van der Waals surface area contributed by atoms with E-state index in [1.54, 1.807) is 13.2 Å². The first-order chi connectivity index (χ1) is 9.72. The molecule has 0 unspecified atom stereocenters. The summed E-state index contributed by atoms with van der Waals surface area (Å²) in [5.41, 5.74) is 0.963. The molecule has 0 amide bonds. The van der Waals surface area contributed by atoms with Gasteiger partial charge in [-0.3, -0.25) is 4.90 Å². The van der Waals surface area contributed by atoms with Crippen molar-refractivity contribution in [3.63, 3.8) is 0 Å². The quantitative estimate of drug-likeness (QED) is 0.869. The van der Waals surface area contributed by atoms with Gasteiger partial charge in [0.15, 0.2) is 0 Å². The second kappa shape index (κ2) is 7.50. The SMILES string of the molecule is CCCOc1ccc(CN2CCC(OC)CC2)c(O)c1. The Hall–Kier alpha value is -1.26. The lowest BCUT2D eigenvalue weighted by atomic mass is 10.1. The van der Waals surface area contributed by atoms with Crippen molar-refractivity contribution < 1.29 is 14.6 Å². The van der Waals surface area contributed by atoms with Crippen LogP contribution in [0.2, 0.25) is 0 Å². The normalized spacial score (nSPS) is 17.3. The number of phenolic OH excluding ortho intramolecular Hbond substituents is 1. The first-order valence-electron chi connectivity index (χ1n) is 7.42. The highest BCUT2D eigenvalue weighted by atomic mass is 16.5. The van der Waals surface area contributed by atoms with Gasteiger partial charge < -0.3 is 14.6 Å². The van der Waals surface area contributed by atoms with Crippen LogP contribution in [0.25, 0.3) is 0 Å². The number of hydrogen-bond donors (Lipinski definition) is 1. The average Bonchev–Trinajstić information content (AvgIpc) is 2.48. The highest BCUT2D eigenvalue weighted by molar-refractivity contribution is 5.39. The van der Waals surface area contributed by atoms with Crippen molar-refractivity contribution in [2.75, 3.05) is 26.8 Å². The fraction of sp³-hybridized carbons (Fsp3) is 0.625. The molecule has 1 aliphatic rings. The largest absolute Gasteiger partial charge is 0.507 e. The fourth-order valence-corrected chi connectivity index (χ4v) is 2.53. The molecule has 1 aromatic carbocycles. The van der Waals surface area contributed by atoms with Crippen LogP contribution in [0.5, 0.6) is 11.5 Å². The summed E-state index contributed by atoms with van der Waals surface area (Å²) in [6.45, 7) is 5.58. The minimum absolute atomic E-state index is 0.326. The minimum atomic E-state index is 0.326. The molecule has 1 saturated heterocycles. The Morgan fingerprint density at radius 2 is 2.05 bits per heavy atom. The number of piperidine rings is 1. The highest BCUT2D eigenvalue weighted by Gasteiger charge is 2.19. The molecule has 0 spiro atoms. The van der Waals surface area contributed by atoms with Gasteiger partial charge in [-0.05, 0) is 25.3 Å². The van der Waals surface area contributed by atoms with Gasteiger partial charge in [-0.15, -0.1) is 0 Å². The molecule has 0 bridgehead atoms. The number of ether oxygens (including phenoxy) is 2. The van der Waals surface area contributed by atoms with E-state index in [9.17, 15) is 5.11 Å². The third-order valence-electron chi connectivity index (χ3n) is 3.79. The molecule has 2 rings (SSSR count). The van der Waals surface area contributed by atoms with Crippen molar-refractivity contribution in [3.8, 4) is 11.5 Å². The van der Waals surface area contributed by atoms with Crippen molar-refractivity contribution in [2.24, 2.45) is 0 Å². The molecule has 1 heterocycles. The lowest BCUT2D eigenvalue weighted by Gasteiger charge is -2.31. The Labute approximate surface area is 121 Å². The molecule has 0 radical (unpaired) electrons. The van der Waals surface area contributed by atoms with Crippen molar-refractivity contribution in [1.29, 1.82) is 0 Å². The van der Waals surface area contributed by atoms with Crippen LogP contribution in [0.1, 0.15) is 31.7 Å². The van der Waals surface area contributed by atoms with Crippen LogP contribution in [0.3, 0.4) is 0 Å². The Morgan fingerprint density at radius 3 is 2.65 bits per heavy atom. The zero-order chi connectivity index (χ0) is 14.4. The van der Waals surface area contributed by atoms with Gasteiger partial charge >= 0.3 is 0 Å². The Kier molecular flexibility index (Phi) is 5.68. The lowest BCUT2D eigenvalue weighted by molar-refractivity contribution is 0.0387. The van der Waals surface area contributed by atoms with E-state index in [1.165, 1.54) is 0 Å². The smallest absolute Gasteiger partial charge is 0.123 e. The van der Waals surface area contributed by atoms with Gasteiger partial charge in [0.05, 0.1) is 12.7 Å². The molecule has 4 heteroatoms. The fourth-order valence-electron chi connectivity index (χ4n) is 2.53. The summed E-state index contributed by atoms with van der Waals surface area (Å²) in [6.07, 6.45) is 3.49. The maximum atomic E-state index is 10.1. The molecular formula is C16H25NO3. The monoisotopic (exact) mass is 279 g/mol. The third-order valence-corrected chi connectivity index (χ3v) is 3.79. The summed E-state index contributed by atoms with van der Waals surface area (Å²) < 4.78 is 10.9. The maximum absolute atomic E-state index is 10.1. The Bertz CT molecular complexity index is 414. The van der Waals surface area contributed by atoms with E-state index >= 15 is 0 Å². The first-order valence-corrected chi connectivity index (χ1v) is 7.42. The number of nitrogens with zero attached hydrogens (tertiary/aromatic N) is 1. The van der Waals surface area contributed by atoms with Crippen LogP contribution in [-0.4, -0.2) is 42.9 Å². The molecular weight excluding hydrogens is 254 g/mol. The number of phenols is 1. The highest BCUT2D eigenvalue weighted by Crippen LogP contribution is 2.26. The van der Waals surface area contributed by atoms with Crippen LogP contribution in [-0.2, 0) is 11.3 Å². The zero-order valence-corrected chi connectivity index (χ0v) is 12.5. The van der Waals surface area contributed by atoms with Gasteiger partial charge in [0.25, 0.3) is 0 Å². The molecule has 1 fully saturated rings. The van der Waals surface area contributed by atoms with E-state index < -0.39 is 0 Å². The summed E-state index contributed by atoms with van der Waals surface area (Å²) >= 11 is 0. The third kappa shape index (κ3) is 4.12. The lowest BCUT2D eigenvalue weighted by Crippen LogP contribution is -2.36. The van der Waals surface area contributed by atoms with Gasteiger partial charge in [-0.1, -0.05) is 13.0 Å². The van der Waals surface area contributed by atoms with Crippen molar-refractivity contribution in [1.82, 2.24) is 4.90 Å². The second-order valence-corrected chi connectivity index (χ2v) is 5.35. The van der Waals surface area contributed by atoms with Gasteiger partial charge in [-0.2, -0.15) is 0 Å². The molecule has 0 aromatic heterocycles. The van der Waals surface area contributed by atoms with Crippen molar-refractivity contribution in [2.45, 2.75) is 38.8 Å². The molecule has 1 aliphatic heterocycles. The van der Waals surface area contributed by atoms with Crippen LogP contribution >= 0.6 is 0 Å². The molecule has 1 N–H and O–H groups in total. The standard InChI is InChI=1S/C16H25NO3/c1-3-10-20-15-5-4-13(16(18)11-15)12-17-8-6-14(19-2)7-9-17/h4-5,11,14,18H,3,6-10,12H2,1-2H3. The number of benzene rings is 1. The molecule has 0 atom stereocenters. The summed E-state index contributed by atoms with van der Waals surface area (Å²) in [7, 11) is 1.78. The number of likely N-dealkylation sites (tertiary alicyclic amines) is 1. The number of rotatable bonds is 6. The predicted octanol–water partition coefficient (Wildman–Crippen LogP) is 2.79. The summed E-state index contributed by atoms with van der Waals surface area (Å²) in [5, 5.41) is 10.1. The molecule has 0 saturated carbocycles. The van der Waals surface area contributed by atoms with E-state index in [2.05, 4.69) is 11.8 Å². The van der Waals surface area contributed by atoms with Crippen molar-refractivity contribution in [3.05, 3.63) is 23.8 Å². The van der Waals surface area contributed by atoms with Crippen LogP contribution in [0.4, 0.5) is 0 Å². The summed E-state index contributed by atoms with van der Waals surface area (Å²) in [6, 6.07) is 5.61. The van der Waals surface area contributed by atoms with Gasteiger partial charge in [0, 0.05) is 38.4 Å². The minimum Gasteiger partial charge on any atom is -0.507 e. The van der Waals surface area contributed by atoms with Crippen molar-refractivity contribution >= 4 is 0 Å². The van der Waals surface area contributed by atoms with E-state index in [0.717, 1.165) is 50.2 Å². The summed E-state index contributed by atoms with van der Waals surface area (Å²) in [4.78, 5) is 2.36. The second-order valence-electron chi connectivity index (χ2n) is 5.35. The average molecular weight is 279 g/mol. The summed E-state index contributed by atoms with van der Waals surface area (Å²) in [5.74, 6) is 1.07. The first kappa shape index (κ1) is 15.1. The molecule has 4 nitrogen and oxygen atoms in total. The molecule has 20 heavy (non-hydrogen) atoms. The molecule has 0 aliphatic carbocycles. The molecule has 112 valence electrons.